The molecule has 1 N–H and O–H groups in total. The summed E-state index contributed by atoms with van der Waals surface area (Å²) in [5, 5.41) is 10.0. The first-order valence-corrected chi connectivity index (χ1v) is 10.0. The van der Waals surface area contributed by atoms with Gasteiger partial charge in [0.05, 0.1) is 6.54 Å². The lowest BCUT2D eigenvalue weighted by Gasteiger charge is -2.26. The van der Waals surface area contributed by atoms with Gasteiger partial charge in [0.25, 0.3) is 10.0 Å². The monoisotopic (exact) mass is 415 g/mol. The number of rotatable bonds is 8. The molecular formula is C15H21N5O5S2. The Morgan fingerprint density at radius 1 is 1.19 bits per heavy atom. The minimum atomic E-state index is -3.72. The lowest BCUT2D eigenvalue weighted by atomic mass is 10.3. The van der Waals surface area contributed by atoms with Gasteiger partial charge in [-0.15, -0.1) is 10.2 Å². The Kier molecular flexibility index (Phi) is 7.21. The SMILES string of the molecule is COC(CN(C(=O)Nc1nnc(S(=O)(=O)N(C)C)s1)c1ccccc1)OC. The number of urea groups is 1. The molecule has 1 aromatic carbocycles. The zero-order valence-electron chi connectivity index (χ0n) is 15.3. The van der Waals surface area contributed by atoms with E-state index in [1.807, 2.05) is 6.07 Å². The first kappa shape index (κ1) is 21.2. The van der Waals surface area contributed by atoms with Gasteiger partial charge in [-0.05, 0) is 12.1 Å². The molecule has 0 atom stereocenters. The van der Waals surface area contributed by atoms with E-state index in [1.165, 1.54) is 33.2 Å². The number of hydrogen-bond acceptors (Lipinski definition) is 8. The number of amides is 2. The van der Waals surface area contributed by atoms with Crippen molar-refractivity contribution in [3.05, 3.63) is 30.3 Å². The molecule has 2 rings (SSSR count). The molecule has 2 amide bonds. The van der Waals surface area contributed by atoms with Crippen LogP contribution >= 0.6 is 11.3 Å². The van der Waals surface area contributed by atoms with E-state index in [2.05, 4.69) is 15.5 Å². The van der Waals surface area contributed by atoms with Gasteiger partial charge in [-0.25, -0.2) is 17.5 Å². The number of ether oxygens (including phenoxy) is 2. The van der Waals surface area contributed by atoms with E-state index < -0.39 is 22.3 Å². The van der Waals surface area contributed by atoms with Gasteiger partial charge in [-0.3, -0.25) is 10.2 Å². The highest BCUT2D eigenvalue weighted by molar-refractivity contribution is 7.91. The van der Waals surface area contributed by atoms with Crippen LogP contribution in [0.1, 0.15) is 0 Å². The molecule has 2 aromatic rings. The Bertz CT molecular complexity index is 852. The van der Waals surface area contributed by atoms with E-state index in [-0.39, 0.29) is 16.0 Å². The third kappa shape index (κ3) is 5.20. The summed E-state index contributed by atoms with van der Waals surface area (Å²) >= 11 is 0.767. The van der Waals surface area contributed by atoms with Crippen molar-refractivity contribution in [3.63, 3.8) is 0 Å². The summed E-state index contributed by atoms with van der Waals surface area (Å²) < 4.78 is 35.3. The Morgan fingerprint density at radius 2 is 1.81 bits per heavy atom. The fraction of sp³-hybridized carbons (Fsp3) is 0.400. The molecule has 0 saturated heterocycles. The molecule has 27 heavy (non-hydrogen) atoms. The summed E-state index contributed by atoms with van der Waals surface area (Å²) in [6, 6.07) is 8.39. The zero-order chi connectivity index (χ0) is 20.0. The Hall–Kier alpha value is -2.12. The number of methoxy groups -OCH3 is 2. The predicted octanol–water partition coefficient (Wildman–Crippen LogP) is 1.45. The molecule has 0 aliphatic carbocycles. The average Bonchev–Trinajstić information content (AvgIpc) is 3.12. The van der Waals surface area contributed by atoms with Gasteiger partial charge < -0.3 is 9.47 Å². The van der Waals surface area contributed by atoms with E-state index in [0.29, 0.717) is 5.69 Å². The van der Waals surface area contributed by atoms with E-state index in [9.17, 15) is 13.2 Å². The fourth-order valence-corrected chi connectivity index (χ4v) is 4.02. The number of benzene rings is 1. The minimum Gasteiger partial charge on any atom is -0.354 e. The lowest BCUT2D eigenvalue weighted by molar-refractivity contribution is -0.0938. The van der Waals surface area contributed by atoms with E-state index >= 15 is 0 Å². The maximum absolute atomic E-state index is 12.8. The summed E-state index contributed by atoms with van der Waals surface area (Å²) in [4.78, 5) is 14.2. The summed E-state index contributed by atoms with van der Waals surface area (Å²) in [7, 11) is 2.00. The van der Waals surface area contributed by atoms with E-state index in [0.717, 1.165) is 15.6 Å². The molecule has 0 radical (unpaired) electrons. The molecule has 12 heteroatoms. The number of hydrogen-bond donors (Lipinski definition) is 1. The van der Waals surface area contributed by atoms with Crippen LogP contribution in [-0.2, 0) is 19.5 Å². The highest BCUT2D eigenvalue weighted by atomic mass is 32.2. The Morgan fingerprint density at radius 3 is 2.37 bits per heavy atom. The predicted molar refractivity (Wildman–Crippen MR) is 101 cm³/mol. The van der Waals surface area contributed by atoms with Gasteiger partial charge in [-0.2, -0.15) is 0 Å². The molecule has 10 nitrogen and oxygen atoms in total. The number of sulfonamides is 1. The molecule has 0 saturated carbocycles. The maximum atomic E-state index is 12.8. The smallest absolute Gasteiger partial charge is 0.328 e. The highest BCUT2D eigenvalue weighted by Crippen LogP contribution is 2.23. The molecule has 0 aliphatic rings. The molecule has 1 aromatic heterocycles. The third-order valence-corrected chi connectivity index (χ3v) is 6.49. The topological polar surface area (TPSA) is 114 Å². The number of nitrogens with one attached hydrogen (secondary N) is 1. The van der Waals surface area contributed by atoms with Crippen LogP contribution in [0.3, 0.4) is 0 Å². The van der Waals surface area contributed by atoms with Gasteiger partial charge in [0.2, 0.25) is 9.47 Å². The standard InChI is InChI=1S/C15H21N5O5S2/c1-19(2)27(22,23)15-18-17-13(26-15)16-14(21)20(10-12(24-3)25-4)11-8-6-5-7-9-11/h5-9,12H,10H2,1-4H3,(H,16,17,21). The van der Waals surface area contributed by atoms with E-state index in [1.54, 1.807) is 24.3 Å². The van der Waals surface area contributed by atoms with Gasteiger partial charge in [0.1, 0.15) is 0 Å². The van der Waals surface area contributed by atoms with E-state index in [4.69, 9.17) is 9.47 Å². The normalized spacial score (nSPS) is 11.8. The van der Waals surface area contributed by atoms with Crippen LogP contribution in [0, 0.1) is 0 Å². The van der Waals surface area contributed by atoms with Crippen LogP contribution in [0.2, 0.25) is 0 Å². The Balaban J connectivity index is 2.22. The first-order chi connectivity index (χ1) is 12.8. The number of aromatic nitrogens is 2. The van der Waals surface area contributed by atoms with Gasteiger partial charge in [-0.1, -0.05) is 29.5 Å². The highest BCUT2D eigenvalue weighted by Gasteiger charge is 2.25. The molecule has 148 valence electrons. The summed E-state index contributed by atoms with van der Waals surface area (Å²) in [5.41, 5.74) is 0.611. The maximum Gasteiger partial charge on any atom is 0.328 e. The van der Waals surface area contributed by atoms with Crippen molar-refractivity contribution in [2.75, 3.05) is 45.1 Å². The molecule has 0 bridgehead atoms. The average molecular weight is 415 g/mol. The van der Waals surface area contributed by atoms with Crippen molar-refractivity contribution >= 4 is 38.2 Å². The van der Waals surface area contributed by atoms with Gasteiger partial charge >= 0.3 is 6.03 Å². The van der Waals surface area contributed by atoms with Crippen LogP contribution < -0.4 is 10.2 Å². The summed E-state index contributed by atoms with van der Waals surface area (Å²) in [6.07, 6.45) is -0.643. The van der Waals surface area contributed by atoms with Crippen molar-refractivity contribution < 1.29 is 22.7 Å². The van der Waals surface area contributed by atoms with Crippen LogP contribution in [0.25, 0.3) is 0 Å². The molecular weight excluding hydrogens is 394 g/mol. The lowest BCUT2D eigenvalue weighted by Crippen LogP contribution is -2.41. The Labute approximate surface area is 161 Å². The molecule has 0 unspecified atom stereocenters. The molecule has 0 fully saturated rings. The quantitative estimate of drug-likeness (QED) is 0.513. The second-order valence-electron chi connectivity index (χ2n) is 5.44. The van der Waals surface area contributed by atoms with Gasteiger partial charge in [0.15, 0.2) is 6.29 Å². The van der Waals surface area contributed by atoms with Crippen molar-refractivity contribution in [1.29, 1.82) is 0 Å². The minimum absolute atomic E-state index is 0.0627. The second-order valence-corrected chi connectivity index (χ2v) is 8.74. The number of nitrogens with zero attached hydrogens (tertiary/aromatic N) is 4. The zero-order valence-corrected chi connectivity index (χ0v) is 17.0. The van der Waals surface area contributed by atoms with Crippen molar-refractivity contribution in [3.8, 4) is 0 Å². The molecule has 0 spiro atoms. The van der Waals surface area contributed by atoms with Crippen LogP contribution in [0.15, 0.2) is 34.7 Å². The molecule has 0 aliphatic heterocycles. The van der Waals surface area contributed by atoms with Crippen LogP contribution in [0.4, 0.5) is 15.6 Å². The number of anilines is 2. The second kappa shape index (κ2) is 9.19. The van der Waals surface area contributed by atoms with Crippen molar-refractivity contribution in [2.45, 2.75) is 10.6 Å². The van der Waals surface area contributed by atoms with Crippen molar-refractivity contribution in [1.82, 2.24) is 14.5 Å². The third-order valence-electron chi connectivity index (χ3n) is 3.49. The largest absolute Gasteiger partial charge is 0.354 e. The number of carbonyl (C=O) groups is 1. The fourth-order valence-electron chi connectivity index (χ4n) is 1.99. The number of carbonyl (C=O) groups excluding carboxylic acids is 1. The summed E-state index contributed by atoms with van der Waals surface area (Å²) in [5.74, 6) is 0. The molecule has 1 heterocycles. The van der Waals surface area contributed by atoms with Crippen molar-refractivity contribution in [2.24, 2.45) is 0 Å². The first-order valence-electron chi connectivity index (χ1n) is 7.74. The summed E-state index contributed by atoms with van der Waals surface area (Å²) in [6.45, 7) is 0.116. The van der Waals surface area contributed by atoms with Crippen LogP contribution in [-0.4, -0.2) is 70.1 Å². The number of para-hydroxylation sites is 1. The van der Waals surface area contributed by atoms with Crippen LogP contribution in [0.5, 0.6) is 0 Å². The van der Waals surface area contributed by atoms with Gasteiger partial charge in [0, 0.05) is 34.0 Å².